The van der Waals surface area contributed by atoms with Gasteiger partial charge in [0.1, 0.15) is 0 Å². The Hall–Kier alpha value is -1.44. The molecule has 1 saturated heterocycles. The maximum Gasteiger partial charge on any atom is 0.253 e. The van der Waals surface area contributed by atoms with Crippen LogP contribution in [0.5, 0.6) is 0 Å². The highest BCUT2D eigenvalue weighted by molar-refractivity contribution is 7.89. The lowest BCUT2D eigenvalue weighted by molar-refractivity contribution is 0.0480. The van der Waals surface area contributed by atoms with Crippen molar-refractivity contribution in [1.29, 1.82) is 0 Å². The first-order valence-corrected chi connectivity index (χ1v) is 9.75. The molecule has 1 saturated carbocycles. The fourth-order valence-corrected chi connectivity index (χ4v) is 3.67. The van der Waals surface area contributed by atoms with Gasteiger partial charge in [-0.25, -0.2) is 12.7 Å². The number of amides is 1. The second-order valence-corrected chi connectivity index (χ2v) is 8.90. The summed E-state index contributed by atoms with van der Waals surface area (Å²) in [7, 11) is -0.495. The molecule has 3 rings (SSSR count). The summed E-state index contributed by atoms with van der Waals surface area (Å²) in [6, 6.07) is 6.13. The van der Waals surface area contributed by atoms with Gasteiger partial charge in [0.05, 0.1) is 11.0 Å². The van der Waals surface area contributed by atoms with Gasteiger partial charge in [0.15, 0.2) is 0 Å². The van der Waals surface area contributed by atoms with E-state index in [0.717, 1.165) is 23.3 Å². The molecule has 1 aliphatic carbocycles. The topological polar surface area (TPSA) is 66.9 Å². The molecule has 24 heavy (non-hydrogen) atoms. The van der Waals surface area contributed by atoms with Crippen molar-refractivity contribution in [3.05, 3.63) is 29.8 Å². The van der Waals surface area contributed by atoms with Crippen molar-refractivity contribution < 1.29 is 17.9 Å². The van der Waals surface area contributed by atoms with Crippen molar-refractivity contribution in [2.45, 2.75) is 30.3 Å². The van der Waals surface area contributed by atoms with Crippen LogP contribution in [-0.2, 0) is 14.8 Å². The summed E-state index contributed by atoms with van der Waals surface area (Å²) in [5, 5.41) is 0. The van der Waals surface area contributed by atoms with Crippen molar-refractivity contribution in [2.75, 3.05) is 33.8 Å². The first-order valence-electron chi connectivity index (χ1n) is 8.31. The maximum atomic E-state index is 12.5. The maximum absolute atomic E-state index is 12.5. The van der Waals surface area contributed by atoms with Crippen LogP contribution < -0.4 is 0 Å². The number of nitrogens with zero attached hydrogens (tertiary/aromatic N) is 2. The minimum absolute atomic E-state index is 0.0682. The fraction of sp³-hybridized carbons (Fsp3) is 0.588. The van der Waals surface area contributed by atoms with Gasteiger partial charge >= 0.3 is 0 Å². The molecule has 1 atom stereocenters. The van der Waals surface area contributed by atoms with Gasteiger partial charge < -0.3 is 9.64 Å². The summed E-state index contributed by atoms with van der Waals surface area (Å²) in [6.45, 7) is 2.11. The monoisotopic (exact) mass is 352 g/mol. The van der Waals surface area contributed by atoms with E-state index < -0.39 is 10.0 Å². The van der Waals surface area contributed by atoms with Gasteiger partial charge in [0, 0.05) is 39.4 Å². The zero-order valence-electron chi connectivity index (χ0n) is 14.1. The first kappa shape index (κ1) is 17.4. The molecule has 0 spiro atoms. The van der Waals surface area contributed by atoms with E-state index in [4.69, 9.17) is 4.74 Å². The van der Waals surface area contributed by atoms with E-state index in [9.17, 15) is 13.2 Å². The van der Waals surface area contributed by atoms with Gasteiger partial charge in [-0.3, -0.25) is 4.79 Å². The van der Waals surface area contributed by atoms with Crippen LogP contribution in [0.2, 0.25) is 0 Å². The Bertz CT molecular complexity index is 696. The number of hydrogen-bond donors (Lipinski definition) is 0. The van der Waals surface area contributed by atoms with Gasteiger partial charge in [0.25, 0.3) is 5.91 Å². The minimum Gasteiger partial charge on any atom is -0.376 e. The SMILES string of the molecule is CN(C)S(=O)(=O)c1ccc(C(=O)N2CCC(OCC3CC3)C2)cc1. The zero-order chi connectivity index (χ0) is 17.3. The van der Waals surface area contributed by atoms with Crippen LogP contribution in [0, 0.1) is 5.92 Å². The molecular weight excluding hydrogens is 328 g/mol. The van der Waals surface area contributed by atoms with Gasteiger partial charge in [-0.05, 0) is 49.4 Å². The van der Waals surface area contributed by atoms with Crippen molar-refractivity contribution in [3.8, 4) is 0 Å². The van der Waals surface area contributed by atoms with Crippen LogP contribution in [0.1, 0.15) is 29.6 Å². The van der Waals surface area contributed by atoms with Crippen LogP contribution in [0.4, 0.5) is 0 Å². The molecule has 1 unspecified atom stereocenters. The Balaban J connectivity index is 1.61. The molecule has 1 amide bonds. The van der Waals surface area contributed by atoms with E-state index in [0.29, 0.717) is 18.7 Å². The zero-order valence-corrected chi connectivity index (χ0v) is 15.0. The van der Waals surface area contributed by atoms with E-state index in [2.05, 4.69) is 0 Å². The molecule has 0 radical (unpaired) electrons. The predicted molar refractivity (Wildman–Crippen MR) is 90.3 cm³/mol. The summed E-state index contributed by atoms with van der Waals surface area (Å²) in [4.78, 5) is 14.5. The predicted octanol–water partition coefficient (Wildman–Crippen LogP) is 1.58. The highest BCUT2D eigenvalue weighted by atomic mass is 32.2. The average Bonchev–Trinajstić information content (AvgIpc) is 3.28. The molecule has 0 bridgehead atoms. The van der Waals surface area contributed by atoms with Crippen LogP contribution >= 0.6 is 0 Å². The molecule has 1 aromatic carbocycles. The molecule has 0 aromatic heterocycles. The van der Waals surface area contributed by atoms with Crippen LogP contribution in [0.3, 0.4) is 0 Å². The van der Waals surface area contributed by atoms with Crippen LogP contribution in [-0.4, -0.2) is 63.4 Å². The number of carbonyl (C=O) groups excluding carboxylic acids is 1. The Labute approximate surface area is 143 Å². The number of sulfonamides is 1. The molecule has 1 aliphatic heterocycles. The Morgan fingerprint density at radius 1 is 1.21 bits per heavy atom. The van der Waals surface area contributed by atoms with Crippen LogP contribution in [0.15, 0.2) is 29.2 Å². The number of ether oxygens (including phenoxy) is 1. The summed E-state index contributed by atoms with van der Waals surface area (Å²) in [5.74, 6) is 0.655. The molecule has 7 heteroatoms. The Morgan fingerprint density at radius 2 is 1.88 bits per heavy atom. The van der Waals surface area contributed by atoms with Gasteiger partial charge in [-0.1, -0.05) is 0 Å². The number of rotatable bonds is 6. The third kappa shape index (κ3) is 3.79. The van der Waals surface area contributed by atoms with Crippen LogP contribution in [0.25, 0.3) is 0 Å². The van der Waals surface area contributed by atoms with Gasteiger partial charge in [0.2, 0.25) is 10.0 Å². The summed E-state index contributed by atoms with van der Waals surface area (Å²) >= 11 is 0. The quantitative estimate of drug-likeness (QED) is 0.780. The van der Waals surface area contributed by atoms with Crippen molar-refractivity contribution in [3.63, 3.8) is 0 Å². The lowest BCUT2D eigenvalue weighted by atomic mass is 10.2. The highest BCUT2D eigenvalue weighted by Gasteiger charge is 2.30. The van der Waals surface area contributed by atoms with Crippen molar-refractivity contribution >= 4 is 15.9 Å². The Morgan fingerprint density at radius 3 is 2.46 bits per heavy atom. The molecule has 2 fully saturated rings. The van der Waals surface area contributed by atoms with E-state index in [1.807, 2.05) is 0 Å². The molecule has 2 aliphatic rings. The normalized spacial score (nSPS) is 21.5. The first-order chi connectivity index (χ1) is 11.4. The van der Waals surface area contributed by atoms with E-state index in [1.54, 1.807) is 17.0 Å². The lowest BCUT2D eigenvalue weighted by Crippen LogP contribution is -2.30. The van der Waals surface area contributed by atoms with Crippen molar-refractivity contribution in [2.24, 2.45) is 5.92 Å². The second-order valence-electron chi connectivity index (χ2n) is 6.75. The molecule has 6 nitrogen and oxygen atoms in total. The second kappa shape index (κ2) is 6.82. The standard InChI is InChI=1S/C17H24N2O4S/c1-18(2)24(21,22)16-7-5-14(6-8-16)17(20)19-10-9-15(11-19)23-12-13-3-4-13/h5-8,13,15H,3-4,9-12H2,1-2H3. The third-order valence-electron chi connectivity index (χ3n) is 4.58. The molecule has 0 N–H and O–H groups in total. The third-order valence-corrected chi connectivity index (χ3v) is 6.41. The lowest BCUT2D eigenvalue weighted by Gasteiger charge is -2.17. The summed E-state index contributed by atoms with van der Waals surface area (Å²) in [5.41, 5.74) is 0.510. The minimum atomic E-state index is -3.47. The summed E-state index contributed by atoms with van der Waals surface area (Å²) in [6.07, 6.45) is 3.52. The van der Waals surface area contributed by atoms with Gasteiger partial charge in [-0.15, -0.1) is 0 Å². The van der Waals surface area contributed by atoms with Crippen molar-refractivity contribution in [1.82, 2.24) is 9.21 Å². The van der Waals surface area contributed by atoms with E-state index in [1.165, 1.54) is 39.1 Å². The van der Waals surface area contributed by atoms with E-state index >= 15 is 0 Å². The molecule has 132 valence electrons. The number of carbonyl (C=O) groups is 1. The van der Waals surface area contributed by atoms with Gasteiger partial charge in [-0.2, -0.15) is 0 Å². The average molecular weight is 352 g/mol. The molecule has 1 aromatic rings. The largest absolute Gasteiger partial charge is 0.376 e. The molecule has 1 heterocycles. The smallest absolute Gasteiger partial charge is 0.253 e. The Kier molecular flexibility index (Phi) is 4.94. The number of hydrogen-bond acceptors (Lipinski definition) is 4. The molecular formula is C17H24N2O4S. The summed E-state index contributed by atoms with van der Waals surface area (Å²) < 4.78 is 31.1. The highest BCUT2D eigenvalue weighted by Crippen LogP contribution is 2.30. The fourth-order valence-electron chi connectivity index (χ4n) is 2.77. The number of benzene rings is 1. The number of likely N-dealkylation sites (tertiary alicyclic amines) is 1. The van der Waals surface area contributed by atoms with E-state index in [-0.39, 0.29) is 16.9 Å².